The van der Waals surface area contributed by atoms with Crippen LogP contribution in [0.2, 0.25) is 0 Å². The van der Waals surface area contributed by atoms with Gasteiger partial charge < -0.3 is 9.13 Å². The molecule has 0 radical (unpaired) electrons. The molecule has 0 bridgehead atoms. The maximum absolute atomic E-state index is 5.33. The molecule has 1 unspecified atom stereocenters. The van der Waals surface area contributed by atoms with Gasteiger partial charge in [-0.15, -0.1) is 0 Å². The highest BCUT2D eigenvalue weighted by atomic mass is 15.0. The van der Waals surface area contributed by atoms with Crippen molar-refractivity contribution in [3.05, 3.63) is 270 Å². The Labute approximate surface area is 404 Å². The summed E-state index contributed by atoms with van der Waals surface area (Å²) in [5.41, 5.74) is 20.1. The van der Waals surface area contributed by atoms with Crippen LogP contribution in [0.15, 0.2) is 237 Å². The summed E-state index contributed by atoms with van der Waals surface area (Å²) in [6.45, 7) is 0. The molecule has 0 saturated carbocycles. The minimum atomic E-state index is -0.210. The molecule has 70 heavy (non-hydrogen) atoms. The van der Waals surface area contributed by atoms with Gasteiger partial charge in [-0.25, -0.2) is 15.0 Å². The number of fused-ring (bicyclic) bond motifs is 12. The Morgan fingerprint density at radius 2 is 0.700 bits per heavy atom. The topological polar surface area (TPSA) is 48.5 Å². The second kappa shape index (κ2) is 15.2. The quantitative estimate of drug-likeness (QED) is 0.167. The average Bonchev–Trinajstić information content (AvgIpc) is 4.15. The van der Waals surface area contributed by atoms with Crippen molar-refractivity contribution >= 4 is 43.6 Å². The Balaban J connectivity index is 1.000. The molecule has 326 valence electrons. The largest absolute Gasteiger partial charge is 0.309 e. The van der Waals surface area contributed by atoms with Crippen LogP contribution >= 0.6 is 0 Å². The van der Waals surface area contributed by atoms with Gasteiger partial charge in [0.1, 0.15) is 5.82 Å². The first-order valence-electron chi connectivity index (χ1n) is 24.1. The summed E-state index contributed by atoms with van der Waals surface area (Å²) < 4.78 is 4.98. The molecule has 0 aliphatic heterocycles. The summed E-state index contributed by atoms with van der Waals surface area (Å²) in [7, 11) is 0. The Hall–Kier alpha value is -9.19. The van der Waals surface area contributed by atoms with Crippen LogP contribution < -0.4 is 0 Å². The van der Waals surface area contributed by atoms with Crippen molar-refractivity contribution in [2.45, 2.75) is 11.8 Å². The predicted molar refractivity (Wildman–Crippen MR) is 285 cm³/mol. The molecule has 0 amide bonds. The predicted octanol–water partition coefficient (Wildman–Crippen LogP) is 15.7. The second-order valence-electron chi connectivity index (χ2n) is 18.7. The number of benzene rings is 10. The zero-order valence-electron chi connectivity index (χ0n) is 37.9. The third kappa shape index (κ3) is 5.75. The van der Waals surface area contributed by atoms with Gasteiger partial charge in [-0.2, -0.15) is 0 Å². The molecule has 2 aliphatic rings. The van der Waals surface area contributed by atoms with Crippen LogP contribution in [0.25, 0.3) is 100 Å². The number of para-hydroxylation sites is 3. The number of hydrogen-bond acceptors (Lipinski definition) is 3. The maximum Gasteiger partial charge on any atom is 0.163 e. The van der Waals surface area contributed by atoms with E-state index in [1.54, 1.807) is 0 Å². The summed E-state index contributed by atoms with van der Waals surface area (Å²) in [5, 5.41) is 4.87. The van der Waals surface area contributed by atoms with E-state index < -0.39 is 0 Å². The van der Waals surface area contributed by atoms with Gasteiger partial charge in [0.25, 0.3) is 0 Å². The molecule has 0 fully saturated rings. The van der Waals surface area contributed by atoms with Crippen LogP contribution in [0.3, 0.4) is 0 Å². The molecule has 0 spiro atoms. The third-order valence-corrected chi connectivity index (χ3v) is 14.9. The molecule has 13 aromatic rings. The molecule has 15 rings (SSSR count). The zero-order valence-corrected chi connectivity index (χ0v) is 37.9. The van der Waals surface area contributed by atoms with E-state index in [1.807, 2.05) is 36.4 Å². The van der Waals surface area contributed by atoms with Gasteiger partial charge in [0, 0.05) is 50.0 Å². The van der Waals surface area contributed by atoms with Crippen molar-refractivity contribution in [1.29, 1.82) is 0 Å². The summed E-state index contributed by atoms with van der Waals surface area (Å²) in [6, 6.07) is 86.0. The highest BCUT2D eigenvalue weighted by molar-refractivity contribution is 6.12. The number of nitrogens with zero attached hydrogens (tertiary/aromatic N) is 5. The van der Waals surface area contributed by atoms with E-state index in [-0.39, 0.29) is 11.8 Å². The van der Waals surface area contributed by atoms with Gasteiger partial charge in [-0.05, 0) is 98.6 Å². The molecule has 10 aromatic carbocycles. The van der Waals surface area contributed by atoms with Gasteiger partial charge in [0.05, 0.1) is 28.0 Å². The summed E-state index contributed by atoms with van der Waals surface area (Å²) >= 11 is 0. The van der Waals surface area contributed by atoms with Crippen molar-refractivity contribution in [2.24, 2.45) is 0 Å². The number of hydrogen-bond donors (Lipinski definition) is 0. The van der Waals surface area contributed by atoms with Gasteiger partial charge in [0.2, 0.25) is 0 Å². The van der Waals surface area contributed by atoms with Crippen LogP contribution in [0.1, 0.15) is 45.5 Å². The SMILES string of the molecule is c1ccc(-c2nc(-c3ccccc3)nc(C3c4ccccc4-c4cc5c(cc43)c3ccccc3n5-c3cc(C4c5ccccc5-c5ccccc54)cc(-n4c5ccccc5c5ccccc54)c3)n2)cc1. The monoisotopic (exact) mass is 891 g/mol. The second-order valence-corrected chi connectivity index (χ2v) is 18.7. The van der Waals surface area contributed by atoms with Crippen molar-refractivity contribution in [3.63, 3.8) is 0 Å². The molecule has 1 atom stereocenters. The molecule has 3 aromatic heterocycles. The standard InChI is InChI=1S/C65H41N5/c1-3-19-40(20-4-1)63-66-64(41-21-5-2-6-22-41)68-65(67-63)62-53-31-12-9-25-47(53)54-39-60-55(38-56(54)62)50-28-15-18-34-59(50)70(60)44-36-42(61-51-29-10-7-23-45(51)46-24-8-11-30-52(46)61)35-43(37-44)69-57-32-16-13-26-48(57)49-27-14-17-33-58(49)69/h1-39,61-62H. The minimum absolute atomic E-state index is 0.0473. The lowest BCUT2D eigenvalue weighted by molar-refractivity contribution is 0.856. The lowest BCUT2D eigenvalue weighted by Gasteiger charge is -2.20. The zero-order chi connectivity index (χ0) is 45.9. The Kier molecular flexibility index (Phi) is 8.42. The number of aromatic nitrogens is 5. The first-order valence-corrected chi connectivity index (χ1v) is 24.1. The third-order valence-electron chi connectivity index (χ3n) is 14.9. The fourth-order valence-corrected chi connectivity index (χ4v) is 11.9. The molecular weight excluding hydrogens is 851 g/mol. The van der Waals surface area contributed by atoms with Crippen molar-refractivity contribution in [2.75, 3.05) is 0 Å². The van der Waals surface area contributed by atoms with E-state index in [4.69, 9.17) is 15.0 Å². The fourth-order valence-electron chi connectivity index (χ4n) is 11.9. The van der Waals surface area contributed by atoms with Crippen LogP contribution in [0.5, 0.6) is 0 Å². The van der Waals surface area contributed by atoms with Gasteiger partial charge in [-0.1, -0.05) is 188 Å². The van der Waals surface area contributed by atoms with Crippen LogP contribution in [0.4, 0.5) is 0 Å². The Morgan fingerprint density at radius 3 is 1.23 bits per heavy atom. The number of rotatable bonds is 6. The van der Waals surface area contributed by atoms with Crippen molar-refractivity contribution in [1.82, 2.24) is 24.1 Å². The van der Waals surface area contributed by atoms with E-state index in [2.05, 4.69) is 209 Å². The van der Waals surface area contributed by atoms with E-state index >= 15 is 0 Å². The van der Waals surface area contributed by atoms with E-state index in [9.17, 15) is 0 Å². The van der Waals surface area contributed by atoms with Crippen molar-refractivity contribution < 1.29 is 0 Å². The van der Waals surface area contributed by atoms with Crippen LogP contribution in [0, 0.1) is 0 Å². The molecule has 0 N–H and O–H groups in total. The van der Waals surface area contributed by atoms with Crippen LogP contribution in [-0.4, -0.2) is 24.1 Å². The molecule has 5 heteroatoms. The molecular formula is C65H41N5. The van der Waals surface area contributed by atoms with Gasteiger partial charge in [-0.3, -0.25) is 0 Å². The van der Waals surface area contributed by atoms with Gasteiger partial charge >= 0.3 is 0 Å². The molecule has 5 nitrogen and oxygen atoms in total. The lowest BCUT2D eigenvalue weighted by atomic mass is 9.88. The van der Waals surface area contributed by atoms with Crippen LogP contribution in [-0.2, 0) is 0 Å². The summed E-state index contributed by atoms with van der Waals surface area (Å²) in [6.07, 6.45) is 0. The summed E-state index contributed by atoms with van der Waals surface area (Å²) in [4.78, 5) is 15.7. The van der Waals surface area contributed by atoms with E-state index in [1.165, 1.54) is 82.6 Å². The van der Waals surface area contributed by atoms with Gasteiger partial charge in [0.15, 0.2) is 11.6 Å². The molecule has 2 aliphatic carbocycles. The first-order chi connectivity index (χ1) is 34.7. The smallest absolute Gasteiger partial charge is 0.163 e. The highest BCUT2D eigenvalue weighted by Crippen LogP contribution is 2.52. The van der Waals surface area contributed by atoms with Crippen molar-refractivity contribution in [3.8, 4) is 56.4 Å². The highest BCUT2D eigenvalue weighted by Gasteiger charge is 2.35. The maximum atomic E-state index is 5.33. The first kappa shape index (κ1) is 38.9. The average molecular weight is 892 g/mol. The summed E-state index contributed by atoms with van der Waals surface area (Å²) in [5.74, 6) is 1.91. The Morgan fingerprint density at radius 1 is 0.286 bits per heavy atom. The minimum Gasteiger partial charge on any atom is -0.309 e. The normalized spacial score (nSPS) is 13.8. The molecule has 3 heterocycles. The lowest BCUT2D eigenvalue weighted by Crippen LogP contribution is -2.09. The molecule has 0 saturated heterocycles. The van der Waals surface area contributed by atoms with E-state index in [0.717, 1.165) is 39.4 Å². The Bertz CT molecular complexity index is 4100. The van der Waals surface area contributed by atoms with E-state index in [0.29, 0.717) is 11.6 Å². The fraction of sp³-hybridized carbons (Fsp3) is 0.0308.